The summed E-state index contributed by atoms with van der Waals surface area (Å²) >= 11 is 10.9. The van der Waals surface area contributed by atoms with Gasteiger partial charge in [-0.15, -0.1) is 11.3 Å². The maximum Gasteiger partial charge on any atom is 0.133 e. The first-order chi connectivity index (χ1) is 6.66. The van der Waals surface area contributed by atoms with Crippen molar-refractivity contribution in [1.82, 2.24) is 9.97 Å². The van der Waals surface area contributed by atoms with Crippen LogP contribution in [0.2, 0.25) is 5.15 Å². The number of hydrogen-bond acceptors (Lipinski definition) is 3. The van der Waals surface area contributed by atoms with E-state index in [1.807, 2.05) is 18.4 Å². The molecule has 0 saturated carbocycles. The van der Waals surface area contributed by atoms with Gasteiger partial charge in [0.15, 0.2) is 0 Å². The van der Waals surface area contributed by atoms with E-state index in [1.54, 1.807) is 17.4 Å². The maximum atomic E-state index is 5.86. The fourth-order valence-electron chi connectivity index (χ4n) is 1.12. The minimum atomic E-state index is 0.479. The van der Waals surface area contributed by atoms with Gasteiger partial charge in [-0.2, -0.15) is 0 Å². The molecule has 2 aromatic heterocycles. The van der Waals surface area contributed by atoms with Crippen LogP contribution in [0.3, 0.4) is 0 Å². The third-order valence-electron chi connectivity index (χ3n) is 1.66. The molecule has 2 aromatic rings. The van der Waals surface area contributed by atoms with Crippen molar-refractivity contribution in [3.63, 3.8) is 0 Å². The van der Waals surface area contributed by atoms with E-state index in [0.29, 0.717) is 11.0 Å². The van der Waals surface area contributed by atoms with Gasteiger partial charge in [0.25, 0.3) is 0 Å². The normalized spacial score (nSPS) is 10.5. The molecule has 0 bridgehead atoms. The quantitative estimate of drug-likeness (QED) is 0.743. The summed E-state index contributed by atoms with van der Waals surface area (Å²) in [4.78, 5) is 9.42. The molecule has 0 aromatic carbocycles. The second-order valence-corrected chi connectivity index (χ2v) is 4.88. The molecule has 0 unspecified atom stereocenters. The first-order valence-electron chi connectivity index (χ1n) is 3.91. The smallest absolute Gasteiger partial charge is 0.133 e. The zero-order valence-electron chi connectivity index (χ0n) is 7.29. The fourth-order valence-corrected chi connectivity index (χ4v) is 2.89. The Hall–Kier alpha value is -0.450. The molecule has 0 aliphatic carbocycles. The third kappa shape index (κ3) is 1.97. The fraction of sp³-hybridized carbons (Fsp3) is 0.111. The van der Waals surface area contributed by atoms with Gasteiger partial charge in [0, 0.05) is 10.5 Å². The van der Waals surface area contributed by atoms with Crippen LogP contribution in [0.1, 0.15) is 5.82 Å². The molecule has 5 heteroatoms. The minimum absolute atomic E-state index is 0.479. The second kappa shape index (κ2) is 3.96. The Kier molecular flexibility index (Phi) is 2.85. The molecule has 0 aliphatic heterocycles. The SMILES string of the molecule is Cc1nc(Cl)cc(-c2sccc2Br)n1. The van der Waals surface area contributed by atoms with Gasteiger partial charge < -0.3 is 0 Å². The number of hydrogen-bond donors (Lipinski definition) is 0. The number of aryl methyl sites for hydroxylation is 1. The Morgan fingerprint density at radius 3 is 2.79 bits per heavy atom. The van der Waals surface area contributed by atoms with Crippen molar-refractivity contribution in [3.8, 4) is 10.6 Å². The summed E-state index contributed by atoms with van der Waals surface area (Å²) in [6.07, 6.45) is 0. The Morgan fingerprint density at radius 1 is 1.43 bits per heavy atom. The molecule has 0 amide bonds. The Balaban J connectivity index is 2.57. The van der Waals surface area contributed by atoms with Crippen molar-refractivity contribution in [2.24, 2.45) is 0 Å². The number of rotatable bonds is 1. The van der Waals surface area contributed by atoms with E-state index >= 15 is 0 Å². The van der Waals surface area contributed by atoms with Crippen LogP contribution in [0.15, 0.2) is 22.0 Å². The van der Waals surface area contributed by atoms with Crippen LogP contribution in [0.5, 0.6) is 0 Å². The monoisotopic (exact) mass is 288 g/mol. The van der Waals surface area contributed by atoms with E-state index in [0.717, 1.165) is 15.0 Å². The van der Waals surface area contributed by atoms with Crippen LogP contribution in [-0.2, 0) is 0 Å². The lowest BCUT2D eigenvalue weighted by Gasteiger charge is -2.00. The van der Waals surface area contributed by atoms with Gasteiger partial charge in [-0.1, -0.05) is 11.6 Å². The number of nitrogens with zero attached hydrogens (tertiary/aromatic N) is 2. The van der Waals surface area contributed by atoms with E-state index < -0.39 is 0 Å². The Bertz CT molecular complexity index is 449. The van der Waals surface area contributed by atoms with Crippen molar-refractivity contribution < 1.29 is 0 Å². The van der Waals surface area contributed by atoms with Crippen LogP contribution in [0.4, 0.5) is 0 Å². The lowest BCUT2D eigenvalue weighted by molar-refractivity contribution is 1.06. The molecular formula is C9H6BrClN2S. The van der Waals surface area contributed by atoms with E-state index in [9.17, 15) is 0 Å². The van der Waals surface area contributed by atoms with E-state index in [2.05, 4.69) is 25.9 Å². The summed E-state index contributed by atoms with van der Waals surface area (Å²) < 4.78 is 1.04. The van der Waals surface area contributed by atoms with Crippen molar-refractivity contribution >= 4 is 38.9 Å². The molecule has 0 N–H and O–H groups in total. The number of halogens is 2. The first kappa shape index (κ1) is 10.1. The molecule has 72 valence electrons. The molecule has 0 aliphatic rings. The predicted molar refractivity (Wildman–Crippen MR) is 62.8 cm³/mol. The highest BCUT2D eigenvalue weighted by molar-refractivity contribution is 9.10. The summed E-state index contributed by atoms with van der Waals surface area (Å²) in [5.41, 5.74) is 0.865. The molecule has 0 fully saturated rings. The van der Waals surface area contributed by atoms with Crippen molar-refractivity contribution in [2.45, 2.75) is 6.92 Å². The highest BCUT2D eigenvalue weighted by Gasteiger charge is 2.07. The zero-order valence-corrected chi connectivity index (χ0v) is 10.4. The number of aromatic nitrogens is 2. The van der Waals surface area contributed by atoms with Crippen LogP contribution in [0.25, 0.3) is 10.6 Å². The van der Waals surface area contributed by atoms with Crippen molar-refractivity contribution in [3.05, 3.63) is 33.0 Å². The predicted octanol–water partition coefficient (Wildman–Crippen LogP) is 3.93. The highest BCUT2D eigenvalue weighted by Crippen LogP contribution is 2.32. The zero-order chi connectivity index (χ0) is 10.1. The van der Waals surface area contributed by atoms with Gasteiger partial charge in [0.1, 0.15) is 11.0 Å². The molecular weight excluding hydrogens is 284 g/mol. The Morgan fingerprint density at radius 2 is 2.21 bits per heavy atom. The van der Waals surface area contributed by atoms with Crippen molar-refractivity contribution in [2.75, 3.05) is 0 Å². The largest absolute Gasteiger partial charge is 0.232 e. The van der Waals surface area contributed by atoms with Gasteiger partial charge in [-0.25, -0.2) is 9.97 Å². The van der Waals surface area contributed by atoms with E-state index in [4.69, 9.17) is 11.6 Å². The molecule has 2 rings (SSSR count). The van der Waals surface area contributed by atoms with Gasteiger partial charge in [0.2, 0.25) is 0 Å². The van der Waals surface area contributed by atoms with E-state index in [1.165, 1.54) is 0 Å². The molecule has 0 radical (unpaired) electrons. The molecule has 0 saturated heterocycles. The maximum absolute atomic E-state index is 5.86. The van der Waals surface area contributed by atoms with Crippen LogP contribution < -0.4 is 0 Å². The lowest BCUT2D eigenvalue weighted by atomic mass is 10.3. The summed E-state index contributed by atoms with van der Waals surface area (Å²) in [5.74, 6) is 0.688. The van der Waals surface area contributed by atoms with E-state index in [-0.39, 0.29) is 0 Å². The average molecular weight is 290 g/mol. The highest BCUT2D eigenvalue weighted by atomic mass is 79.9. The van der Waals surface area contributed by atoms with Crippen LogP contribution in [-0.4, -0.2) is 9.97 Å². The molecule has 14 heavy (non-hydrogen) atoms. The first-order valence-corrected chi connectivity index (χ1v) is 5.96. The minimum Gasteiger partial charge on any atom is -0.232 e. The summed E-state index contributed by atoms with van der Waals surface area (Å²) in [7, 11) is 0. The van der Waals surface area contributed by atoms with Gasteiger partial charge in [-0.05, 0) is 34.3 Å². The van der Waals surface area contributed by atoms with Gasteiger partial charge in [0.05, 0.1) is 10.6 Å². The van der Waals surface area contributed by atoms with Crippen LogP contribution in [0, 0.1) is 6.92 Å². The molecule has 0 atom stereocenters. The average Bonchev–Trinajstić information content (AvgIpc) is 2.49. The summed E-state index contributed by atoms with van der Waals surface area (Å²) in [6, 6.07) is 3.76. The standard InChI is InChI=1S/C9H6BrClN2S/c1-5-12-7(4-8(11)13-5)9-6(10)2-3-14-9/h2-4H,1H3. The second-order valence-electron chi connectivity index (χ2n) is 2.72. The molecule has 0 spiro atoms. The topological polar surface area (TPSA) is 25.8 Å². The third-order valence-corrected chi connectivity index (χ3v) is 3.71. The number of thiophene rings is 1. The van der Waals surface area contributed by atoms with Crippen LogP contribution >= 0.6 is 38.9 Å². The summed E-state index contributed by atoms with van der Waals surface area (Å²) in [6.45, 7) is 1.83. The van der Waals surface area contributed by atoms with Gasteiger partial charge >= 0.3 is 0 Å². The lowest BCUT2D eigenvalue weighted by Crippen LogP contribution is -1.90. The molecule has 2 nitrogen and oxygen atoms in total. The summed E-state index contributed by atoms with van der Waals surface area (Å²) in [5, 5.41) is 2.48. The van der Waals surface area contributed by atoms with Crippen molar-refractivity contribution in [1.29, 1.82) is 0 Å². The molecule has 2 heterocycles. The Labute approximate surface area is 99.1 Å². The van der Waals surface area contributed by atoms with Gasteiger partial charge in [-0.3, -0.25) is 0 Å².